The van der Waals surface area contributed by atoms with E-state index in [-0.39, 0.29) is 18.1 Å². The van der Waals surface area contributed by atoms with Crippen molar-refractivity contribution in [3.8, 4) is 5.75 Å². The summed E-state index contributed by atoms with van der Waals surface area (Å²) in [4.78, 5) is 31.6. The smallest absolute Gasteiger partial charge is 0.237 e. The van der Waals surface area contributed by atoms with E-state index in [4.69, 9.17) is 16.3 Å². The lowest BCUT2D eigenvalue weighted by Gasteiger charge is -2.21. The number of anilines is 2. The Morgan fingerprint density at radius 2 is 1.87 bits per heavy atom. The molecule has 0 N–H and O–H groups in total. The molecule has 0 atom stereocenters. The highest BCUT2D eigenvalue weighted by Gasteiger charge is 2.24. The van der Waals surface area contributed by atoms with Crippen LogP contribution in [0.15, 0.2) is 66.7 Å². The summed E-state index contributed by atoms with van der Waals surface area (Å²) < 4.78 is 6.40. The molecule has 0 saturated heterocycles. The Hall–Kier alpha value is -3.22. The van der Waals surface area contributed by atoms with Gasteiger partial charge in [0.15, 0.2) is 10.9 Å². The van der Waals surface area contributed by atoms with Crippen LogP contribution in [0.3, 0.4) is 0 Å². The van der Waals surface area contributed by atoms with Crippen LogP contribution in [-0.2, 0) is 11.2 Å². The maximum Gasteiger partial charge on any atom is 0.237 e. The number of fused-ring (bicyclic) bond motifs is 1. The molecule has 0 radical (unpaired) electrons. The Labute approximate surface area is 188 Å². The summed E-state index contributed by atoms with van der Waals surface area (Å²) >= 11 is 7.64. The monoisotopic (exact) mass is 450 g/mol. The first-order valence-corrected chi connectivity index (χ1v) is 10.8. The molecule has 0 unspecified atom stereocenters. The molecule has 7 heteroatoms. The first kappa shape index (κ1) is 21.0. The van der Waals surface area contributed by atoms with Crippen molar-refractivity contribution in [2.24, 2.45) is 0 Å². The number of aromatic nitrogens is 1. The van der Waals surface area contributed by atoms with Crippen molar-refractivity contribution in [1.29, 1.82) is 0 Å². The quantitative estimate of drug-likeness (QED) is 0.334. The average Bonchev–Trinajstić information content (AvgIpc) is 3.17. The summed E-state index contributed by atoms with van der Waals surface area (Å²) in [5, 5.41) is 1.07. The molecule has 3 aromatic carbocycles. The number of ketones is 1. The summed E-state index contributed by atoms with van der Waals surface area (Å²) in [6.45, 7) is 1.49. The molecule has 0 spiro atoms. The zero-order chi connectivity index (χ0) is 22.0. The van der Waals surface area contributed by atoms with Gasteiger partial charge < -0.3 is 4.74 Å². The van der Waals surface area contributed by atoms with Crippen molar-refractivity contribution in [2.75, 3.05) is 12.0 Å². The molecule has 1 aromatic heterocycles. The van der Waals surface area contributed by atoms with Gasteiger partial charge in [-0.1, -0.05) is 41.1 Å². The fourth-order valence-corrected chi connectivity index (χ4v) is 4.50. The van der Waals surface area contributed by atoms with Gasteiger partial charge in [-0.2, -0.15) is 0 Å². The summed E-state index contributed by atoms with van der Waals surface area (Å²) in [6.07, 6.45) is 0.0345. The van der Waals surface area contributed by atoms with Crippen LogP contribution < -0.4 is 9.64 Å². The second kappa shape index (κ2) is 8.88. The number of hydrogen-bond acceptors (Lipinski definition) is 5. The second-order valence-corrected chi connectivity index (χ2v) is 8.38. The molecular formula is C24H19ClN2O3S. The van der Waals surface area contributed by atoms with E-state index >= 15 is 0 Å². The number of methoxy groups -OCH3 is 1. The summed E-state index contributed by atoms with van der Waals surface area (Å²) in [5.41, 5.74) is 2.60. The van der Waals surface area contributed by atoms with Gasteiger partial charge >= 0.3 is 0 Å². The van der Waals surface area contributed by atoms with Crippen molar-refractivity contribution in [3.63, 3.8) is 0 Å². The van der Waals surface area contributed by atoms with Gasteiger partial charge in [0.1, 0.15) is 5.75 Å². The van der Waals surface area contributed by atoms with E-state index in [1.807, 2.05) is 30.3 Å². The van der Waals surface area contributed by atoms with Gasteiger partial charge in [0, 0.05) is 16.1 Å². The minimum absolute atomic E-state index is 0.0345. The van der Waals surface area contributed by atoms with Crippen molar-refractivity contribution in [3.05, 3.63) is 82.9 Å². The molecule has 0 aliphatic heterocycles. The molecular weight excluding hydrogens is 432 g/mol. The van der Waals surface area contributed by atoms with Crippen LogP contribution in [0.1, 0.15) is 22.8 Å². The highest BCUT2D eigenvalue weighted by atomic mass is 35.5. The van der Waals surface area contributed by atoms with Crippen molar-refractivity contribution >= 4 is 55.7 Å². The van der Waals surface area contributed by atoms with E-state index in [2.05, 4.69) is 4.98 Å². The predicted octanol–water partition coefficient (Wildman–Crippen LogP) is 6.07. The van der Waals surface area contributed by atoms with Crippen molar-refractivity contribution < 1.29 is 14.3 Å². The minimum atomic E-state index is -0.208. The zero-order valence-corrected chi connectivity index (χ0v) is 18.5. The van der Waals surface area contributed by atoms with Gasteiger partial charge in [-0.05, 0) is 55.5 Å². The summed E-state index contributed by atoms with van der Waals surface area (Å²) in [5.74, 6) is 0.267. The Morgan fingerprint density at radius 3 is 2.58 bits per heavy atom. The third-order valence-corrected chi connectivity index (χ3v) is 6.07. The van der Waals surface area contributed by atoms with Crippen LogP contribution in [0.25, 0.3) is 10.2 Å². The SMILES string of the molecule is COc1ccc(C(C)=O)cc1CC(=O)N(c1cccc(Cl)c1)c1nc2ccccc2s1. The van der Waals surface area contributed by atoms with Crippen molar-refractivity contribution in [1.82, 2.24) is 4.98 Å². The maximum absolute atomic E-state index is 13.6. The molecule has 0 saturated carbocycles. The van der Waals surface area contributed by atoms with E-state index in [0.717, 1.165) is 10.2 Å². The van der Waals surface area contributed by atoms with E-state index in [0.29, 0.717) is 32.7 Å². The third kappa shape index (κ3) is 4.45. The van der Waals surface area contributed by atoms with E-state index in [9.17, 15) is 9.59 Å². The average molecular weight is 451 g/mol. The number of thiazole rings is 1. The Balaban J connectivity index is 1.78. The molecule has 0 aliphatic rings. The van der Waals surface area contributed by atoms with Crippen LogP contribution in [-0.4, -0.2) is 23.8 Å². The maximum atomic E-state index is 13.6. The van der Waals surface area contributed by atoms with Gasteiger partial charge in [0.25, 0.3) is 0 Å². The molecule has 4 aromatic rings. The third-order valence-electron chi connectivity index (χ3n) is 4.82. The number of Topliss-reactive ketones (excluding diaryl/α,β-unsaturated/α-hetero) is 1. The van der Waals surface area contributed by atoms with Gasteiger partial charge in [0.2, 0.25) is 5.91 Å². The lowest BCUT2D eigenvalue weighted by atomic mass is 10.0. The largest absolute Gasteiger partial charge is 0.496 e. The normalized spacial score (nSPS) is 10.8. The van der Waals surface area contributed by atoms with Crippen molar-refractivity contribution in [2.45, 2.75) is 13.3 Å². The molecule has 1 amide bonds. The minimum Gasteiger partial charge on any atom is -0.496 e. The number of para-hydroxylation sites is 1. The fraction of sp³-hybridized carbons (Fsp3) is 0.125. The molecule has 1 heterocycles. The Kier molecular flexibility index (Phi) is 6.02. The van der Waals surface area contributed by atoms with Gasteiger partial charge in [-0.3, -0.25) is 14.5 Å². The number of rotatable bonds is 6. The molecule has 0 bridgehead atoms. The zero-order valence-electron chi connectivity index (χ0n) is 17.0. The molecule has 0 aliphatic carbocycles. The number of carbonyl (C=O) groups excluding carboxylic acids is 2. The molecule has 0 fully saturated rings. The number of carbonyl (C=O) groups is 2. The number of nitrogens with zero attached hydrogens (tertiary/aromatic N) is 2. The summed E-state index contributed by atoms with van der Waals surface area (Å²) in [7, 11) is 1.54. The first-order valence-electron chi connectivity index (χ1n) is 9.58. The highest BCUT2D eigenvalue weighted by molar-refractivity contribution is 7.22. The standard InChI is InChI=1S/C24H19ClN2O3S/c1-15(28)16-10-11-21(30-2)17(12-16)13-23(29)27(19-7-5-6-18(25)14-19)24-26-20-8-3-4-9-22(20)31-24/h3-12,14H,13H2,1-2H3. The van der Waals surface area contributed by atoms with Gasteiger partial charge in [-0.15, -0.1) is 0 Å². The lowest BCUT2D eigenvalue weighted by molar-refractivity contribution is -0.117. The summed E-state index contributed by atoms with van der Waals surface area (Å²) in [6, 6.07) is 19.9. The topological polar surface area (TPSA) is 59.5 Å². The predicted molar refractivity (Wildman–Crippen MR) is 125 cm³/mol. The van der Waals surface area contributed by atoms with E-state index in [1.165, 1.54) is 18.3 Å². The van der Waals surface area contributed by atoms with Gasteiger partial charge in [-0.25, -0.2) is 4.98 Å². The Morgan fingerprint density at radius 1 is 1.06 bits per heavy atom. The molecule has 156 valence electrons. The van der Waals surface area contributed by atoms with Crippen LogP contribution >= 0.6 is 22.9 Å². The molecule has 4 rings (SSSR count). The van der Waals surface area contributed by atoms with Gasteiger partial charge in [0.05, 0.1) is 29.4 Å². The number of ether oxygens (including phenoxy) is 1. The van der Waals surface area contributed by atoms with E-state index in [1.54, 1.807) is 48.4 Å². The number of benzene rings is 3. The highest BCUT2D eigenvalue weighted by Crippen LogP contribution is 2.35. The molecule has 31 heavy (non-hydrogen) atoms. The van der Waals surface area contributed by atoms with E-state index < -0.39 is 0 Å². The van der Waals surface area contributed by atoms with Crippen LogP contribution in [0.2, 0.25) is 5.02 Å². The van der Waals surface area contributed by atoms with Crippen LogP contribution in [0, 0.1) is 0 Å². The molecule has 5 nitrogen and oxygen atoms in total. The van der Waals surface area contributed by atoms with Crippen LogP contribution in [0.4, 0.5) is 10.8 Å². The fourth-order valence-electron chi connectivity index (χ4n) is 3.31. The second-order valence-electron chi connectivity index (χ2n) is 6.93. The number of amides is 1. The number of hydrogen-bond donors (Lipinski definition) is 0. The Bertz CT molecular complexity index is 1250. The first-order chi connectivity index (χ1) is 15.0. The number of halogens is 1. The lowest BCUT2D eigenvalue weighted by Crippen LogP contribution is -2.27. The van der Waals surface area contributed by atoms with Crippen LogP contribution in [0.5, 0.6) is 5.75 Å².